The first kappa shape index (κ1) is 52.9. The Morgan fingerprint density at radius 2 is 1.51 bits per heavy atom. The Hall–Kier alpha value is -6.49. The van der Waals surface area contributed by atoms with Crippen molar-refractivity contribution >= 4 is 58.4 Å². The molecule has 22 heteroatoms. The summed E-state index contributed by atoms with van der Waals surface area (Å²) in [5.41, 5.74) is 3.17. The Balaban J connectivity index is 1.15. The molecule has 4 amide bonds. The Morgan fingerprint density at radius 1 is 0.871 bits per heavy atom. The summed E-state index contributed by atoms with van der Waals surface area (Å²) in [5, 5.41) is 18.7. The molecule has 0 saturated carbocycles. The van der Waals surface area contributed by atoms with E-state index < -0.39 is 52.5 Å². The quantitative estimate of drug-likeness (QED) is 0.0202. The van der Waals surface area contributed by atoms with Crippen molar-refractivity contribution in [3.63, 3.8) is 0 Å². The van der Waals surface area contributed by atoms with Crippen LogP contribution in [-0.4, -0.2) is 160 Å². The third-order valence-corrected chi connectivity index (χ3v) is 12.6. The zero-order valence-corrected chi connectivity index (χ0v) is 40.8. The van der Waals surface area contributed by atoms with Crippen LogP contribution < -0.4 is 25.2 Å². The highest BCUT2D eigenvalue weighted by atomic mass is 32.2. The van der Waals surface area contributed by atoms with Crippen LogP contribution in [0.1, 0.15) is 55.3 Å². The summed E-state index contributed by atoms with van der Waals surface area (Å²) in [6.07, 6.45) is 7.15. The summed E-state index contributed by atoms with van der Waals surface area (Å²) < 4.78 is 87.9. The highest BCUT2D eigenvalue weighted by Crippen LogP contribution is 2.42. The van der Waals surface area contributed by atoms with E-state index in [4.69, 9.17) is 14.2 Å². The summed E-state index contributed by atoms with van der Waals surface area (Å²) in [6.45, 7) is -3.26. The largest absolute Gasteiger partial charge is 0.862 e. The van der Waals surface area contributed by atoms with Gasteiger partial charge in [-0.2, -0.15) is 8.42 Å². The first-order valence-corrected chi connectivity index (χ1v) is 24.6. The summed E-state index contributed by atoms with van der Waals surface area (Å²) in [7, 11) is 4.43. The maximum absolute atomic E-state index is 17.7. The number of carbonyl (C=O) groups is 4. The Kier molecular flexibility index (Phi) is 17.3. The maximum atomic E-state index is 17.7. The summed E-state index contributed by atoms with van der Waals surface area (Å²) in [6, 6.07) is 13.6. The number of benzene rings is 2. The smallest absolute Gasteiger partial charge is 0.737 e. The van der Waals surface area contributed by atoms with Gasteiger partial charge in [0.05, 0.1) is 61.7 Å². The minimum Gasteiger partial charge on any atom is -0.862 e. The third-order valence-electron chi connectivity index (χ3n) is 11.9. The number of aromatic nitrogens is 1. The number of quaternary nitrogens is 1. The van der Waals surface area contributed by atoms with E-state index in [-0.39, 0.29) is 69.4 Å². The number of aliphatic imine (C=N–C) groups is 1. The molecule has 6 rings (SSSR count). The SMILES string of the molecule is COc1ccc(C2=[N+]3C(=Cc4c(CCC[N+](C)(C)C)cc(-c5ccc(OC)cc5)n4[B-]3(F)F)C(CCC([O-])=NC(CS(=O)(=O)O)C(=O)NCCCCC(=O)NCCOCCN3C(=O)C=CC3=O)=C2)cc1. The number of unbranched alkanes of at least 4 members (excludes halogenated alkanes) is 1. The molecule has 0 fully saturated rings. The highest BCUT2D eigenvalue weighted by Gasteiger charge is 2.55. The van der Waals surface area contributed by atoms with E-state index in [1.54, 1.807) is 60.7 Å². The van der Waals surface area contributed by atoms with Crippen LogP contribution >= 0.6 is 0 Å². The normalized spacial score (nSPS) is 15.9. The van der Waals surface area contributed by atoms with Crippen LogP contribution in [0.4, 0.5) is 8.63 Å². The van der Waals surface area contributed by atoms with Crippen molar-refractivity contribution in [3.05, 3.63) is 101 Å². The standard InChI is InChI=1S/C48H60BF2N7O11S/c1-58(2,3)26-8-9-35-29-40(33-11-16-37(67-4)17-12-33)56-42(35)31-43-36(30-41(57(43)49(56,50)51)34-13-18-38(68-5)19-14-34)15-20-45(60)54-39(32-70(64,65)66)48(63)53-23-7-6-10-44(59)52-24-27-69-28-25-55-46(61)21-22-47(55)62/h11-14,16-19,21-22,29-31,39H,6-10,15,20,23-28,32H2,1-5H3,(H3-,52,53,54,59,60,63,64,65,66). The molecule has 4 heterocycles. The number of hydrogen-bond donors (Lipinski definition) is 3. The summed E-state index contributed by atoms with van der Waals surface area (Å²) >= 11 is 0. The van der Waals surface area contributed by atoms with Gasteiger partial charge in [0.15, 0.2) is 11.4 Å². The Bertz CT molecular complexity index is 2690. The molecule has 0 spiro atoms. The molecule has 1 unspecified atom stereocenters. The maximum Gasteiger partial charge on any atom is 0.737 e. The molecule has 1 aromatic heterocycles. The minimum atomic E-state index is -4.79. The van der Waals surface area contributed by atoms with Crippen molar-refractivity contribution < 1.29 is 69.1 Å². The van der Waals surface area contributed by atoms with Crippen molar-refractivity contribution in [2.75, 3.05) is 80.5 Å². The second-order valence-corrected chi connectivity index (χ2v) is 19.6. The molecule has 3 aromatic rings. The lowest BCUT2D eigenvalue weighted by atomic mass is 9.87. The number of nitrogens with one attached hydrogen (secondary N) is 2. The van der Waals surface area contributed by atoms with Crippen molar-refractivity contribution in [1.82, 2.24) is 20.0 Å². The number of imide groups is 1. The predicted octanol–water partition coefficient (Wildman–Crippen LogP) is 2.97. The fourth-order valence-electron chi connectivity index (χ4n) is 8.39. The van der Waals surface area contributed by atoms with E-state index >= 15 is 8.63 Å². The molecular weight excluding hydrogens is 931 g/mol. The number of carbonyl (C=O) groups excluding carboxylic acids is 4. The van der Waals surface area contributed by atoms with E-state index in [9.17, 15) is 37.3 Å². The molecule has 3 aliphatic heterocycles. The Labute approximate surface area is 406 Å². The number of methoxy groups -OCH3 is 2. The number of hydrogen-bond acceptors (Lipinski definition) is 11. The number of rotatable bonds is 26. The molecular formula is C48H60BF2N7O11S. The van der Waals surface area contributed by atoms with Crippen LogP contribution in [0.5, 0.6) is 11.5 Å². The summed E-state index contributed by atoms with van der Waals surface area (Å²) in [5.74, 6) is -3.02. The first-order valence-electron chi connectivity index (χ1n) is 23.0. The van der Waals surface area contributed by atoms with Crippen LogP contribution in [0.3, 0.4) is 0 Å². The molecule has 0 aliphatic carbocycles. The van der Waals surface area contributed by atoms with Gasteiger partial charge in [0.1, 0.15) is 23.3 Å². The van der Waals surface area contributed by atoms with Crippen molar-refractivity contribution in [3.8, 4) is 22.8 Å². The number of allylic oxidation sites excluding steroid dienone is 2. The molecule has 18 nitrogen and oxygen atoms in total. The number of nitrogens with zero attached hydrogens (tertiary/aromatic N) is 5. The second kappa shape index (κ2) is 23.0. The number of fused-ring (bicyclic) bond motifs is 2. The molecule has 0 radical (unpaired) electrons. The summed E-state index contributed by atoms with van der Waals surface area (Å²) in [4.78, 5) is 53.6. The fourth-order valence-corrected chi connectivity index (χ4v) is 9.01. The van der Waals surface area contributed by atoms with Gasteiger partial charge in [0.2, 0.25) is 11.8 Å². The molecule has 376 valence electrons. The molecule has 3 N–H and O–H groups in total. The lowest BCUT2D eigenvalue weighted by molar-refractivity contribution is -0.870. The van der Waals surface area contributed by atoms with Gasteiger partial charge in [0, 0.05) is 72.8 Å². The number of amides is 4. The van der Waals surface area contributed by atoms with Crippen LogP contribution in [0.25, 0.3) is 17.3 Å². The number of halogens is 2. The van der Waals surface area contributed by atoms with E-state index in [1.807, 2.05) is 6.07 Å². The lowest BCUT2D eigenvalue weighted by Crippen LogP contribution is -2.51. The van der Waals surface area contributed by atoms with Crippen LogP contribution in [-0.2, 0) is 40.5 Å². The predicted molar refractivity (Wildman–Crippen MR) is 258 cm³/mol. The van der Waals surface area contributed by atoms with Gasteiger partial charge >= 0.3 is 6.97 Å². The van der Waals surface area contributed by atoms with Crippen LogP contribution in [0.2, 0.25) is 0 Å². The van der Waals surface area contributed by atoms with Gasteiger partial charge in [-0.05, 0) is 104 Å². The Morgan fingerprint density at radius 3 is 2.13 bits per heavy atom. The number of ether oxygens (including phenoxy) is 3. The van der Waals surface area contributed by atoms with E-state index in [2.05, 4.69) is 36.8 Å². The van der Waals surface area contributed by atoms with Gasteiger partial charge in [-0.15, -0.1) is 0 Å². The van der Waals surface area contributed by atoms with Gasteiger partial charge < -0.3 is 52.0 Å². The van der Waals surface area contributed by atoms with Crippen molar-refractivity contribution in [2.45, 2.75) is 51.0 Å². The first-order chi connectivity index (χ1) is 33.2. The van der Waals surface area contributed by atoms with E-state index in [1.165, 1.54) is 26.4 Å². The monoisotopic (exact) mass is 991 g/mol. The second-order valence-electron chi connectivity index (χ2n) is 18.1. The third kappa shape index (κ3) is 13.6. The van der Waals surface area contributed by atoms with Gasteiger partial charge in [-0.25, -0.2) is 0 Å². The van der Waals surface area contributed by atoms with E-state index in [0.717, 1.165) is 32.4 Å². The average Bonchev–Trinajstić information content (AvgIpc) is 3.98. The molecule has 3 aliphatic rings. The zero-order chi connectivity index (χ0) is 50.8. The lowest BCUT2D eigenvalue weighted by Gasteiger charge is -2.32. The molecule has 1 atom stereocenters. The fraction of sp³-hybridized carbons (Fsp3) is 0.417. The minimum absolute atomic E-state index is 0.000254. The van der Waals surface area contributed by atoms with Gasteiger partial charge in [-0.1, -0.05) is 0 Å². The van der Waals surface area contributed by atoms with Gasteiger partial charge in [0.25, 0.3) is 21.9 Å². The van der Waals surface area contributed by atoms with Crippen LogP contribution in [0, 0.1) is 0 Å². The molecule has 0 bridgehead atoms. The molecule has 2 aromatic carbocycles. The van der Waals surface area contributed by atoms with Crippen molar-refractivity contribution in [1.29, 1.82) is 0 Å². The zero-order valence-electron chi connectivity index (χ0n) is 40.0. The average molecular weight is 992 g/mol. The van der Waals surface area contributed by atoms with Crippen molar-refractivity contribution in [2.24, 2.45) is 4.99 Å². The van der Waals surface area contributed by atoms with Gasteiger partial charge in [-0.3, -0.25) is 33.6 Å². The van der Waals surface area contributed by atoms with E-state index in [0.29, 0.717) is 63.3 Å². The highest BCUT2D eigenvalue weighted by molar-refractivity contribution is 7.85. The topological polar surface area (TPSA) is 221 Å². The molecule has 70 heavy (non-hydrogen) atoms. The number of aryl methyl sites for hydroxylation is 1. The molecule has 0 saturated heterocycles. The van der Waals surface area contributed by atoms with Crippen LogP contribution in [0.15, 0.2) is 89.1 Å².